The summed E-state index contributed by atoms with van der Waals surface area (Å²) in [7, 11) is 1.50. The molecular weight excluding hydrogens is 476 g/mol. The fourth-order valence-corrected chi connectivity index (χ4v) is 3.53. The van der Waals surface area contributed by atoms with Crippen LogP contribution in [-0.4, -0.2) is 59.3 Å². The lowest BCUT2D eigenvalue weighted by molar-refractivity contribution is -0.117. The first-order valence-electron chi connectivity index (χ1n) is 11.1. The van der Waals surface area contributed by atoms with Crippen LogP contribution >= 0.6 is 0 Å². The number of tetrazole rings is 2. The minimum Gasteiger partial charge on any atom is -0.494 e. The average Bonchev–Trinajstić information content (AvgIpc) is 3.62. The van der Waals surface area contributed by atoms with Crippen LogP contribution in [0.4, 0.5) is 11.4 Å². The molecule has 0 saturated carbocycles. The van der Waals surface area contributed by atoms with Gasteiger partial charge >= 0.3 is 0 Å². The lowest BCUT2D eigenvalue weighted by atomic mass is 10.1. The third-order valence-corrected chi connectivity index (χ3v) is 5.25. The highest BCUT2D eigenvalue weighted by Crippen LogP contribution is 2.27. The highest BCUT2D eigenvalue weighted by atomic mass is 16.5. The molecule has 0 unspecified atom stereocenters. The van der Waals surface area contributed by atoms with E-state index >= 15 is 0 Å². The van der Waals surface area contributed by atoms with Crippen LogP contribution in [0.1, 0.15) is 10.4 Å². The molecule has 2 amide bonds. The van der Waals surface area contributed by atoms with E-state index in [9.17, 15) is 9.59 Å². The van der Waals surface area contributed by atoms with Crippen LogP contribution in [0.3, 0.4) is 0 Å². The van der Waals surface area contributed by atoms with Crippen LogP contribution in [0.25, 0.3) is 17.1 Å². The number of carbonyl (C=O) groups is 2. The summed E-state index contributed by atoms with van der Waals surface area (Å²) >= 11 is 0. The van der Waals surface area contributed by atoms with Gasteiger partial charge in [-0.3, -0.25) is 9.59 Å². The Bertz CT molecular complexity index is 1530. The summed E-state index contributed by atoms with van der Waals surface area (Å²) in [5.74, 6) is 0.0149. The zero-order chi connectivity index (χ0) is 25.6. The number of carbonyl (C=O) groups excluding carboxylic acids is 2. The molecule has 13 heteroatoms. The van der Waals surface area contributed by atoms with E-state index in [0.29, 0.717) is 33.9 Å². The molecule has 0 aliphatic rings. The Morgan fingerprint density at radius 1 is 0.946 bits per heavy atom. The van der Waals surface area contributed by atoms with E-state index in [1.54, 1.807) is 54.6 Å². The fourth-order valence-electron chi connectivity index (χ4n) is 3.53. The smallest absolute Gasteiger partial charge is 0.255 e. The summed E-state index contributed by atoms with van der Waals surface area (Å²) in [5, 5.41) is 29.1. The topological polar surface area (TPSA) is 155 Å². The first-order valence-corrected chi connectivity index (χ1v) is 11.1. The van der Waals surface area contributed by atoms with Gasteiger partial charge in [0.15, 0.2) is 0 Å². The maximum absolute atomic E-state index is 13.1. The lowest BCUT2D eigenvalue weighted by Crippen LogP contribution is -2.20. The van der Waals surface area contributed by atoms with Crippen molar-refractivity contribution in [1.82, 2.24) is 40.4 Å². The third kappa shape index (κ3) is 5.30. The Balaban J connectivity index is 1.32. The van der Waals surface area contributed by atoms with Crippen molar-refractivity contribution in [1.29, 1.82) is 0 Å². The highest BCUT2D eigenvalue weighted by molar-refractivity contribution is 6.06. The third-order valence-electron chi connectivity index (χ3n) is 5.25. The number of ether oxygens (including phenoxy) is 1. The molecule has 0 atom stereocenters. The van der Waals surface area contributed by atoms with E-state index in [1.807, 2.05) is 18.2 Å². The second-order valence-corrected chi connectivity index (χ2v) is 7.70. The van der Waals surface area contributed by atoms with Crippen LogP contribution in [-0.2, 0) is 11.3 Å². The number of methoxy groups -OCH3 is 1. The van der Waals surface area contributed by atoms with Crippen LogP contribution < -0.4 is 15.4 Å². The molecule has 184 valence electrons. The summed E-state index contributed by atoms with van der Waals surface area (Å²) in [4.78, 5) is 26.6. The van der Waals surface area contributed by atoms with Crippen LogP contribution in [0.2, 0.25) is 0 Å². The molecule has 2 aromatic heterocycles. The Morgan fingerprint density at radius 2 is 1.76 bits per heavy atom. The molecule has 0 aliphatic carbocycles. The molecule has 0 aliphatic heterocycles. The Hall–Kier alpha value is -5.46. The van der Waals surface area contributed by atoms with Gasteiger partial charge in [0, 0.05) is 16.8 Å². The van der Waals surface area contributed by atoms with Gasteiger partial charge in [-0.25, -0.2) is 0 Å². The molecular formula is C24H20N10O3. The zero-order valence-corrected chi connectivity index (χ0v) is 19.5. The number of aromatic nitrogens is 8. The molecule has 2 N–H and O–H groups in total. The number of nitrogens with one attached hydrogen (secondary N) is 2. The molecule has 37 heavy (non-hydrogen) atoms. The minimum atomic E-state index is -0.372. The van der Waals surface area contributed by atoms with E-state index in [-0.39, 0.29) is 24.2 Å². The summed E-state index contributed by atoms with van der Waals surface area (Å²) in [5.41, 5.74) is 2.63. The molecule has 0 spiro atoms. The fraction of sp³-hybridized carbons (Fsp3) is 0.0833. The normalized spacial score (nSPS) is 10.6. The van der Waals surface area contributed by atoms with Gasteiger partial charge in [-0.2, -0.15) is 9.48 Å². The van der Waals surface area contributed by atoms with Crippen molar-refractivity contribution in [2.45, 2.75) is 6.54 Å². The van der Waals surface area contributed by atoms with Gasteiger partial charge < -0.3 is 15.4 Å². The number of nitrogens with zero attached hydrogens (tertiary/aromatic N) is 8. The van der Waals surface area contributed by atoms with Crippen LogP contribution in [0, 0.1) is 0 Å². The maximum Gasteiger partial charge on any atom is 0.255 e. The minimum absolute atomic E-state index is 0.121. The van der Waals surface area contributed by atoms with Crippen molar-refractivity contribution in [3.8, 4) is 22.8 Å². The van der Waals surface area contributed by atoms with E-state index in [2.05, 4.69) is 41.6 Å². The van der Waals surface area contributed by atoms with Crippen molar-refractivity contribution in [3.05, 3.63) is 84.7 Å². The molecule has 0 fully saturated rings. The second kappa shape index (κ2) is 10.4. The van der Waals surface area contributed by atoms with Crippen LogP contribution in [0.15, 0.2) is 79.1 Å². The van der Waals surface area contributed by atoms with Crippen molar-refractivity contribution in [3.63, 3.8) is 0 Å². The zero-order valence-electron chi connectivity index (χ0n) is 19.5. The van der Waals surface area contributed by atoms with Gasteiger partial charge in [-0.15, -0.1) is 15.3 Å². The number of para-hydroxylation sites is 2. The Labute approximate surface area is 210 Å². The van der Waals surface area contributed by atoms with Crippen molar-refractivity contribution in [2.24, 2.45) is 0 Å². The van der Waals surface area contributed by atoms with Crippen molar-refractivity contribution >= 4 is 23.2 Å². The van der Waals surface area contributed by atoms with Gasteiger partial charge in [-0.05, 0) is 58.1 Å². The number of hydrogen-bond donors (Lipinski definition) is 2. The SMILES string of the molecule is COc1cc(C(=O)Nc2ccccc2-c2nnn(CC(=O)Nc3ccccc3)n2)ccc1-n1cnnn1. The van der Waals surface area contributed by atoms with Crippen molar-refractivity contribution < 1.29 is 14.3 Å². The van der Waals surface area contributed by atoms with Crippen molar-refractivity contribution in [2.75, 3.05) is 17.7 Å². The highest BCUT2D eigenvalue weighted by Gasteiger charge is 2.17. The van der Waals surface area contributed by atoms with E-state index in [0.717, 1.165) is 0 Å². The molecule has 0 bridgehead atoms. The number of benzene rings is 3. The monoisotopic (exact) mass is 496 g/mol. The predicted molar refractivity (Wildman–Crippen MR) is 132 cm³/mol. The Morgan fingerprint density at radius 3 is 2.54 bits per heavy atom. The summed E-state index contributed by atoms with van der Waals surface area (Å²) in [6, 6.07) is 21.0. The maximum atomic E-state index is 13.1. The standard InChI is InChI=1S/C24H20N10O3/c1-37-21-13-16(11-12-20(21)33-15-25-30-32-33)24(36)27-19-10-6-5-9-18(19)23-28-31-34(29-23)14-22(35)26-17-7-3-2-4-8-17/h2-13,15H,14H2,1H3,(H,26,35)(H,27,36). The largest absolute Gasteiger partial charge is 0.494 e. The number of rotatable bonds is 8. The van der Waals surface area contributed by atoms with Gasteiger partial charge in [0.25, 0.3) is 5.91 Å². The van der Waals surface area contributed by atoms with Crippen LogP contribution in [0.5, 0.6) is 5.75 Å². The molecule has 0 radical (unpaired) electrons. The quantitative estimate of drug-likeness (QED) is 0.329. The number of anilines is 2. The van der Waals surface area contributed by atoms with E-state index in [4.69, 9.17) is 4.74 Å². The summed E-state index contributed by atoms with van der Waals surface area (Å²) in [6.45, 7) is -0.121. The van der Waals surface area contributed by atoms with Gasteiger partial charge in [0.2, 0.25) is 11.7 Å². The predicted octanol–water partition coefficient (Wildman–Crippen LogP) is 2.22. The number of amides is 2. The first kappa shape index (κ1) is 23.3. The molecule has 3 aromatic carbocycles. The second-order valence-electron chi connectivity index (χ2n) is 7.70. The van der Waals surface area contributed by atoms with Gasteiger partial charge in [0.1, 0.15) is 24.3 Å². The van der Waals surface area contributed by atoms with E-state index in [1.165, 1.54) is 22.9 Å². The van der Waals surface area contributed by atoms with Gasteiger partial charge in [-0.1, -0.05) is 30.3 Å². The first-order chi connectivity index (χ1) is 18.1. The lowest BCUT2D eigenvalue weighted by Gasteiger charge is -2.11. The Kier molecular flexibility index (Phi) is 6.57. The average molecular weight is 496 g/mol. The summed E-state index contributed by atoms with van der Waals surface area (Å²) in [6.07, 6.45) is 1.43. The molecule has 0 saturated heterocycles. The van der Waals surface area contributed by atoms with E-state index < -0.39 is 0 Å². The van der Waals surface area contributed by atoms with Gasteiger partial charge in [0.05, 0.1) is 12.8 Å². The summed E-state index contributed by atoms with van der Waals surface area (Å²) < 4.78 is 6.85. The molecule has 5 rings (SSSR count). The molecule has 13 nitrogen and oxygen atoms in total. The number of hydrogen-bond acceptors (Lipinski definition) is 9. The molecule has 2 heterocycles. The molecule has 5 aromatic rings.